The lowest BCUT2D eigenvalue weighted by atomic mass is 9.96. The van der Waals surface area contributed by atoms with E-state index in [1.54, 1.807) is 12.0 Å². The molecule has 0 aliphatic carbocycles. The predicted molar refractivity (Wildman–Crippen MR) is 95.1 cm³/mol. The van der Waals surface area contributed by atoms with E-state index >= 15 is 0 Å². The lowest BCUT2D eigenvalue weighted by Crippen LogP contribution is -2.34. The van der Waals surface area contributed by atoms with Crippen molar-refractivity contribution in [2.45, 2.75) is 39.0 Å². The standard InChI is InChI=1S/C19H28N2O3/c1-4-14(2)16-8-5-6-9-17(16)21-13-15(12-18(21)22)19(23)20-10-7-11-24-3/h5-6,8-9,14-15H,4,7,10-13H2,1-3H3,(H,20,23). The Hall–Kier alpha value is -1.88. The van der Waals surface area contributed by atoms with Gasteiger partial charge in [-0.05, 0) is 30.4 Å². The molecule has 2 unspecified atom stereocenters. The second kappa shape index (κ2) is 8.83. The highest BCUT2D eigenvalue weighted by atomic mass is 16.5. The van der Waals surface area contributed by atoms with E-state index < -0.39 is 0 Å². The topological polar surface area (TPSA) is 58.6 Å². The molecule has 0 radical (unpaired) electrons. The molecule has 2 atom stereocenters. The molecule has 2 amide bonds. The Morgan fingerprint density at radius 1 is 1.42 bits per heavy atom. The number of benzene rings is 1. The maximum Gasteiger partial charge on any atom is 0.227 e. The summed E-state index contributed by atoms with van der Waals surface area (Å²) in [4.78, 5) is 26.5. The zero-order valence-electron chi connectivity index (χ0n) is 14.9. The molecule has 0 bridgehead atoms. The van der Waals surface area contributed by atoms with Gasteiger partial charge in [0.1, 0.15) is 0 Å². The lowest BCUT2D eigenvalue weighted by molar-refractivity contribution is -0.126. The molecule has 0 spiro atoms. The first-order valence-corrected chi connectivity index (χ1v) is 8.74. The first-order valence-electron chi connectivity index (χ1n) is 8.74. The normalized spacial score (nSPS) is 18.7. The predicted octanol–water partition coefficient (Wildman–Crippen LogP) is 2.71. The Kier molecular flexibility index (Phi) is 6.79. The molecule has 1 N–H and O–H groups in total. The molecule has 1 aromatic rings. The van der Waals surface area contributed by atoms with Crippen LogP contribution < -0.4 is 10.2 Å². The van der Waals surface area contributed by atoms with Gasteiger partial charge < -0.3 is 15.0 Å². The summed E-state index contributed by atoms with van der Waals surface area (Å²) in [6.45, 7) is 5.98. The number of ether oxygens (including phenoxy) is 1. The SMILES string of the molecule is CCC(C)c1ccccc1N1CC(C(=O)NCCCOC)CC1=O. The van der Waals surface area contributed by atoms with Crippen molar-refractivity contribution in [1.82, 2.24) is 5.32 Å². The molecule has 1 saturated heterocycles. The number of carbonyl (C=O) groups excluding carboxylic acids is 2. The average molecular weight is 332 g/mol. The fraction of sp³-hybridized carbons (Fsp3) is 0.579. The minimum Gasteiger partial charge on any atom is -0.385 e. The number of rotatable bonds is 8. The number of nitrogens with one attached hydrogen (secondary N) is 1. The Bertz CT molecular complexity index is 573. The van der Waals surface area contributed by atoms with Gasteiger partial charge in [0.25, 0.3) is 0 Å². The monoisotopic (exact) mass is 332 g/mol. The third-order valence-electron chi connectivity index (χ3n) is 4.69. The Morgan fingerprint density at radius 3 is 2.88 bits per heavy atom. The molecule has 1 aliphatic rings. The number of nitrogens with zero attached hydrogens (tertiary/aromatic N) is 1. The minimum absolute atomic E-state index is 0.0304. The second-order valence-electron chi connectivity index (χ2n) is 6.41. The van der Waals surface area contributed by atoms with Gasteiger partial charge in [0.05, 0.1) is 5.92 Å². The first-order chi connectivity index (χ1) is 11.6. The molecule has 1 heterocycles. The van der Waals surface area contributed by atoms with Gasteiger partial charge in [0, 0.05) is 38.9 Å². The van der Waals surface area contributed by atoms with Crippen molar-refractivity contribution in [2.75, 3.05) is 31.7 Å². The van der Waals surface area contributed by atoms with Crippen molar-refractivity contribution in [3.05, 3.63) is 29.8 Å². The van der Waals surface area contributed by atoms with Crippen molar-refractivity contribution in [3.63, 3.8) is 0 Å². The van der Waals surface area contributed by atoms with E-state index in [2.05, 4.69) is 25.2 Å². The molecule has 0 saturated carbocycles. The largest absolute Gasteiger partial charge is 0.385 e. The fourth-order valence-corrected chi connectivity index (χ4v) is 3.06. The molecule has 1 aliphatic heterocycles. The number of hydrogen-bond donors (Lipinski definition) is 1. The molecule has 2 rings (SSSR count). The van der Waals surface area contributed by atoms with Crippen LogP contribution in [0, 0.1) is 5.92 Å². The van der Waals surface area contributed by atoms with Gasteiger partial charge in [0.15, 0.2) is 0 Å². The number of methoxy groups -OCH3 is 1. The van der Waals surface area contributed by atoms with E-state index in [-0.39, 0.29) is 24.2 Å². The average Bonchev–Trinajstić information content (AvgIpc) is 2.99. The van der Waals surface area contributed by atoms with Crippen LogP contribution in [0.4, 0.5) is 5.69 Å². The van der Waals surface area contributed by atoms with Crippen LogP contribution in [0.15, 0.2) is 24.3 Å². The number of anilines is 1. The molecule has 5 nitrogen and oxygen atoms in total. The zero-order chi connectivity index (χ0) is 17.5. The first kappa shape index (κ1) is 18.5. The van der Waals surface area contributed by atoms with Crippen molar-refractivity contribution < 1.29 is 14.3 Å². The Balaban J connectivity index is 2.04. The summed E-state index contributed by atoms with van der Waals surface area (Å²) in [5.41, 5.74) is 2.13. The van der Waals surface area contributed by atoms with E-state index in [1.165, 1.54) is 5.56 Å². The van der Waals surface area contributed by atoms with Crippen LogP contribution in [-0.2, 0) is 14.3 Å². The molecule has 5 heteroatoms. The third-order valence-corrected chi connectivity index (χ3v) is 4.69. The number of para-hydroxylation sites is 1. The smallest absolute Gasteiger partial charge is 0.227 e. The van der Waals surface area contributed by atoms with Crippen LogP contribution in [-0.4, -0.2) is 38.6 Å². The summed E-state index contributed by atoms with van der Waals surface area (Å²) in [7, 11) is 1.64. The van der Waals surface area contributed by atoms with Gasteiger partial charge in [-0.3, -0.25) is 9.59 Å². The van der Waals surface area contributed by atoms with Crippen molar-refractivity contribution >= 4 is 17.5 Å². The molecule has 1 aromatic carbocycles. The van der Waals surface area contributed by atoms with Crippen LogP contribution in [0.3, 0.4) is 0 Å². The van der Waals surface area contributed by atoms with E-state index in [1.807, 2.05) is 18.2 Å². The molecule has 0 aromatic heterocycles. The number of hydrogen-bond acceptors (Lipinski definition) is 3. The van der Waals surface area contributed by atoms with Gasteiger partial charge in [0.2, 0.25) is 11.8 Å². The van der Waals surface area contributed by atoms with Crippen molar-refractivity contribution in [1.29, 1.82) is 0 Å². The summed E-state index contributed by atoms with van der Waals surface area (Å²) >= 11 is 0. The fourth-order valence-electron chi connectivity index (χ4n) is 3.06. The summed E-state index contributed by atoms with van der Waals surface area (Å²) in [5.74, 6) is 0.103. The molecular weight excluding hydrogens is 304 g/mol. The highest BCUT2D eigenvalue weighted by Gasteiger charge is 2.36. The van der Waals surface area contributed by atoms with E-state index in [4.69, 9.17) is 4.74 Å². The maximum absolute atomic E-state index is 12.5. The van der Waals surface area contributed by atoms with Crippen LogP contribution in [0.25, 0.3) is 0 Å². The summed E-state index contributed by atoms with van der Waals surface area (Å²) in [6.07, 6.45) is 2.08. The van der Waals surface area contributed by atoms with Crippen LogP contribution >= 0.6 is 0 Å². The Morgan fingerprint density at radius 2 is 2.17 bits per heavy atom. The highest BCUT2D eigenvalue weighted by Crippen LogP contribution is 2.33. The van der Waals surface area contributed by atoms with E-state index in [0.717, 1.165) is 18.5 Å². The van der Waals surface area contributed by atoms with Gasteiger partial charge in [-0.15, -0.1) is 0 Å². The van der Waals surface area contributed by atoms with Crippen molar-refractivity contribution in [2.24, 2.45) is 5.92 Å². The summed E-state index contributed by atoms with van der Waals surface area (Å²) in [6, 6.07) is 8.02. The van der Waals surface area contributed by atoms with Gasteiger partial charge >= 0.3 is 0 Å². The molecule has 24 heavy (non-hydrogen) atoms. The van der Waals surface area contributed by atoms with Gasteiger partial charge in [-0.2, -0.15) is 0 Å². The quantitative estimate of drug-likeness (QED) is 0.745. The molecular formula is C19H28N2O3. The Labute approximate surface area is 144 Å². The number of amides is 2. The summed E-state index contributed by atoms with van der Waals surface area (Å²) in [5, 5.41) is 2.90. The van der Waals surface area contributed by atoms with Crippen LogP contribution in [0.2, 0.25) is 0 Å². The minimum atomic E-state index is -0.273. The number of carbonyl (C=O) groups is 2. The van der Waals surface area contributed by atoms with Gasteiger partial charge in [-0.1, -0.05) is 32.0 Å². The maximum atomic E-state index is 12.5. The van der Waals surface area contributed by atoms with E-state index in [9.17, 15) is 9.59 Å². The second-order valence-corrected chi connectivity index (χ2v) is 6.41. The molecule has 1 fully saturated rings. The summed E-state index contributed by atoms with van der Waals surface area (Å²) < 4.78 is 4.97. The van der Waals surface area contributed by atoms with Crippen LogP contribution in [0.1, 0.15) is 44.6 Å². The van der Waals surface area contributed by atoms with E-state index in [0.29, 0.717) is 25.6 Å². The van der Waals surface area contributed by atoms with Crippen molar-refractivity contribution in [3.8, 4) is 0 Å². The van der Waals surface area contributed by atoms with Crippen LogP contribution in [0.5, 0.6) is 0 Å². The van der Waals surface area contributed by atoms with Gasteiger partial charge in [-0.25, -0.2) is 0 Å². The highest BCUT2D eigenvalue weighted by molar-refractivity contribution is 6.00. The zero-order valence-corrected chi connectivity index (χ0v) is 14.9. The lowest BCUT2D eigenvalue weighted by Gasteiger charge is -2.23. The third kappa shape index (κ3) is 4.35. The molecule has 132 valence electrons.